The van der Waals surface area contributed by atoms with Crippen LogP contribution in [0.4, 0.5) is 4.39 Å². The van der Waals surface area contributed by atoms with Crippen LogP contribution < -0.4 is 9.64 Å². The van der Waals surface area contributed by atoms with Crippen molar-refractivity contribution in [2.24, 2.45) is 0 Å². The van der Waals surface area contributed by atoms with Gasteiger partial charge in [0.25, 0.3) is 5.91 Å². The first kappa shape index (κ1) is 18.4. The molecule has 0 atom stereocenters. The van der Waals surface area contributed by atoms with Crippen LogP contribution in [0.5, 0.6) is 5.75 Å². The summed E-state index contributed by atoms with van der Waals surface area (Å²) in [5, 5.41) is 3.97. The van der Waals surface area contributed by atoms with Crippen LogP contribution in [0.3, 0.4) is 0 Å². The number of benzene rings is 1. The first-order valence-electron chi connectivity index (χ1n) is 8.93. The smallest absolute Gasteiger partial charge is 0.259 e. The van der Waals surface area contributed by atoms with E-state index in [1.807, 2.05) is 11.8 Å². The maximum Gasteiger partial charge on any atom is 0.259 e. The molecule has 26 heavy (non-hydrogen) atoms. The Morgan fingerprint density at radius 2 is 2.12 bits per heavy atom. The summed E-state index contributed by atoms with van der Waals surface area (Å²) >= 11 is 0. The molecule has 1 aromatic heterocycles. The van der Waals surface area contributed by atoms with Crippen LogP contribution in [0.15, 0.2) is 22.7 Å². The molecule has 1 saturated heterocycles. The number of aromatic nitrogens is 1. The van der Waals surface area contributed by atoms with E-state index in [-0.39, 0.29) is 11.7 Å². The van der Waals surface area contributed by atoms with Crippen LogP contribution in [-0.2, 0) is 13.0 Å². The van der Waals surface area contributed by atoms with E-state index < -0.39 is 0 Å². The molecule has 0 spiro atoms. The van der Waals surface area contributed by atoms with Gasteiger partial charge < -0.3 is 19.1 Å². The summed E-state index contributed by atoms with van der Waals surface area (Å²) in [7, 11) is 1.59. The molecule has 1 aliphatic heterocycles. The predicted octanol–water partition coefficient (Wildman–Crippen LogP) is 1.23. The fourth-order valence-electron chi connectivity index (χ4n) is 3.45. The van der Waals surface area contributed by atoms with Crippen molar-refractivity contribution in [3.8, 4) is 5.75 Å². The highest BCUT2D eigenvalue weighted by molar-refractivity contribution is 5.96. The Kier molecular flexibility index (Phi) is 5.56. The van der Waals surface area contributed by atoms with E-state index in [1.54, 1.807) is 20.1 Å². The molecule has 0 radical (unpaired) electrons. The second-order valence-corrected chi connectivity index (χ2v) is 6.59. The molecule has 140 valence electrons. The normalized spacial score (nSPS) is 15.3. The molecular weight excluding hydrogens is 337 g/mol. The zero-order valence-corrected chi connectivity index (χ0v) is 15.5. The highest BCUT2D eigenvalue weighted by atomic mass is 19.1. The van der Waals surface area contributed by atoms with Gasteiger partial charge in [0.2, 0.25) is 0 Å². The summed E-state index contributed by atoms with van der Waals surface area (Å²) in [6.45, 7) is 7.32. The summed E-state index contributed by atoms with van der Waals surface area (Å²) in [5.41, 5.74) is 2.17. The van der Waals surface area contributed by atoms with E-state index in [4.69, 9.17) is 9.26 Å². The van der Waals surface area contributed by atoms with Crippen LogP contribution in [0.1, 0.15) is 34.3 Å². The third kappa shape index (κ3) is 3.72. The van der Waals surface area contributed by atoms with Crippen LogP contribution in [0.2, 0.25) is 0 Å². The summed E-state index contributed by atoms with van der Waals surface area (Å²) in [6.07, 6.45) is 0.670. The molecule has 2 heterocycles. The molecule has 6 nitrogen and oxygen atoms in total. The van der Waals surface area contributed by atoms with Crippen LogP contribution in [0.25, 0.3) is 0 Å². The number of hydrogen-bond acceptors (Lipinski definition) is 4. The van der Waals surface area contributed by atoms with Gasteiger partial charge in [0, 0.05) is 0 Å². The van der Waals surface area contributed by atoms with Crippen molar-refractivity contribution >= 4 is 5.91 Å². The Bertz CT molecular complexity index is 782. The van der Waals surface area contributed by atoms with E-state index in [0.717, 1.165) is 18.7 Å². The van der Waals surface area contributed by atoms with Crippen LogP contribution >= 0.6 is 0 Å². The summed E-state index contributed by atoms with van der Waals surface area (Å²) in [4.78, 5) is 16.0. The second kappa shape index (κ2) is 7.86. The number of hydrogen-bond donors (Lipinski definition) is 1. The van der Waals surface area contributed by atoms with Crippen molar-refractivity contribution in [3.05, 3.63) is 46.6 Å². The Hall–Kier alpha value is -2.41. The number of quaternary nitrogens is 1. The Balaban J connectivity index is 1.63. The monoisotopic (exact) mass is 362 g/mol. The molecule has 7 heteroatoms. The molecule has 1 amide bonds. The lowest BCUT2D eigenvalue weighted by molar-refractivity contribution is -0.917. The molecule has 0 unspecified atom stereocenters. The van der Waals surface area contributed by atoms with Gasteiger partial charge in [0.1, 0.15) is 29.4 Å². The number of amides is 1. The van der Waals surface area contributed by atoms with Gasteiger partial charge in [-0.3, -0.25) is 4.79 Å². The average Bonchev–Trinajstić information content (AvgIpc) is 3.02. The summed E-state index contributed by atoms with van der Waals surface area (Å²) in [6, 6.07) is 4.59. The Labute approximate surface area is 152 Å². The SMILES string of the molecule is CCc1noc(C)c1C(=O)N1CC[NH+](Cc2cc(F)ccc2OC)CC1. The van der Waals surface area contributed by atoms with E-state index in [0.29, 0.717) is 48.8 Å². The maximum atomic E-state index is 13.5. The molecule has 1 aromatic carbocycles. The van der Waals surface area contributed by atoms with Crippen molar-refractivity contribution in [1.29, 1.82) is 0 Å². The lowest BCUT2D eigenvalue weighted by Gasteiger charge is -2.32. The minimum atomic E-state index is -0.260. The van der Waals surface area contributed by atoms with E-state index >= 15 is 0 Å². The molecule has 0 bridgehead atoms. The largest absolute Gasteiger partial charge is 0.496 e. The number of rotatable bonds is 5. The van der Waals surface area contributed by atoms with Gasteiger partial charge in [-0.2, -0.15) is 0 Å². The molecule has 1 fully saturated rings. The highest BCUT2D eigenvalue weighted by Gasteiger charge is 2.29. The quantitative estimate of drug-likeness (QED) is 0.869. The first-order valence-corrected chi connectivity index (χ1v) is 8.93. The maximum absolute atomic E-state index is 13.5. The van der Waals surface area contributed by atoms with E-state index in [9.17, 15) is 9.18 Å². The van der Waals surface area contributed by atoms with Gasteiger partial charge in [-0.05, 0) is 31.5 Å². The Morgan fingerprint density at radius 1 is 1.38 bits per heavy atom. The van der Waals surface area contributed by atoms with Gasteiger partial charge >= 0.3 is 0 Å². The number of carbonyl (C=O) groups is 1. The molecule has 1 aliphatic rings. The second-order valence-electron chi connectivity index (χ2n) is 6.59. The summed E-state index contributed by atoms with van der Waals surface area (Å²) in [5.74, 6) is 1.00. The lowest BCUT2D eigenvalue weighted by Crippen LogP contribution is -3.13. The zero-order chi connectivity index (χ0) is 18.7. The zero-order valence-electron chi connectivity index (χ0n) is 15.5. The van der Waals surface area contributed by atoms with Crippen molar-refractivity contribution in [2.45, 2.75) is 26.8 Å². The van der Waals surface area contributed by atoms with Crippen molar-refractivity contribution in [3.63, 3.8) is 0 Å². The van der Waals surface area contributed by atoms with Gasteiger partial charge in [-0.15, -0.1) is 0 Å². The number of carbonyl (C=O) groups excluding carboxylic acids is 1. The first-order chi connectivity index (χ1) is 12.5. The molecular formula is C19H25FN3O3+. The van der Waals surface area contributed by atoms with Crippen LogP contribution in [0, 0.1) is 12.7 Å². The third-order valence-electron chi connectivity index (χ3n) is 4.92. The van der Waals surface area contributed by atoms with Crippen molar-refractivity contribution in [1.82, 2.24) is 10.1 Å². The minimum Gasteiger partial charge on any atom is -0.496 e. The highest BCUT2D eigenvalue weighted by Crippen LogP contribution is 2.19. The van der Waals surface area contributed by atoms with Crippen LogP contribution in [-0.4, -0.2) is 49.3 Å². The molecule has 0 aliphatic carbocycles. The number of halogens is 1. The van der Waals surface area contributed by atoms with Crippen molar-refractivity contribution < 1.29 is 23.3 Å². The molecule has 2 aromatic rings. The van der Waals surface area contributed by atoms with Gasteiger partial charge in [-0.25, -0.2) is 4.39 Å². The standard InChI is InChI=1S/C19H24FN3O3/c1-4-16-18(13(2)26-21-16)19(24)23-9-7-22(8-10-23)12-14-11-15(20)5-6-17(14)25-3/h5-6,11H,4,7-10,12H2,1-3H3/p+1. The molecule has 3 rings (SSSR count). The fraction of sp³-hybridized carbons (Fsp3) is 0.474. The lowest BCUT2D eigenvalue weighted by atomic mass is 10.1. The fourth-order valence-corrected chi connectivity index (χ4v) is 3.45. The number of ether oxygens (including phenoxy) is 1. The van der Waals surface area contributed by atoms with E-state index in [2.05, 4.69) is 5.16 Å². The van der Waals surface area contributed by atoms with Crippen molar-refractivity contribution in [2.75, 3.05) is 33.3 Å². The third-order valence-corrected chi connectivity index (χ3v) is 4.92. The minimum absolute atomic E-state index is 0.0111. The summed E-state index contributed by atoms with van der Waals surface area (Å²) < 4.78 is 24.0. The predicted molar refractivity (Wildman–Crippen MR) is 93.9 cm³/mol. The number of piperazine rings is 1. The van der Waals surface area contributed by atoms with Gasteiger partial charge in [0.05, 0.1) is 44.5 Å². The number of aryl methyl sites for hydroxylation is 2. The van der Waals surface area contributed by atoms with E-state index in [1.165, 1.54) is 17.0 Å². The van der Waals surface area contributed by atoms with Gasteiger partial charge in [0.15, 0.2) is 0 Å². The Morgan fingerprint density at radius 3 is 2.77 bits per heavy atom. The molecule has 0 saturated carbocycles. The average molecular weight is 362 g/mol. The molecule has 1 N–H and O–H groups in total. The number of methoxy groups -OCH3 is 1. The number of nitrogens with zero attached hydrogens (tertiary/aromatic N) is 2. The van der Waals surface area contributed by atoms with Gasteiger partial charge in [-0.1, -0.05) is 12.1 Å². The topological polar surface area (TPSA) is 60.0 Å². The number of nitrogens with one attached hydrogen (secondary N) is 1.